The summed E-state index contributed by atoms with van der Waals surface area (Å²) >= 11 is 0. The number of ether oxygens (including phenoxy) is 1. The van der Waals surface area contributed by atoms with Crippen molar-refractivity contribution in [3.63, 3.8) is 0 Å². The Kier molecular flexibility index (Phi) is 6.84. The van der Waals surface area contributed by atoms with Crippen molar-refractivity contribution in [2.24, 2.45) is 0 Å². The third-order valence-electron chi connectivity index (χ3n) is 5.73. The highest BCUT2D eigenvalue weighted by molar-refractivity contribution is 5.78. The molecule has 4 rings (SSSR count). The van der Waals surface area contributed by atoms with E-state index in [9.17, 15) is 4.79 Å². The molecule has 0 atom stereocenters. The van der Waals surface area contributed by atoms with Crippen LogP contribution in [0.25, 0.3) is 16.7 Å². The Hall–Kier alpha value is -2.90. The van der Waals surface area contributed by atoms with E-state index in [-0.39, 0.29) is 5.91 Å². The lowest BCUT2D eigenvalue weighted by Crippen LogP contribution is -2.49. The number of methoxy groups -OCH3 is 1. The number of imidazole rings is 1. The van der Waals surface area contributed by atoms with Crippen LogP contribution < -0.4 is 10.1 Å². The third-order valence-corrected chi connectivity index (χ3v) is 5.73. The van der Waals surface area contributed by atoms with Crippen LogP contribution in [-0.2, 0) is 11.3 Å². The van der Waals surface area contributed by atoms with Crippen LogP contribution >= 0.6 is 0 Å². The molecule has 31 heavy (non-hydrogen) atoms. The second-order valence-corrected chi connectivity index (χ2v) is 7.95. The van der Waals surface area contributed by atoms with Gasteiger partial charge < -0.3 is 10.1 Å². The van der Waals surface area contributed by atoms with Gasteiger partial charge in [-0.1, -0.05) is 19.1 Å². The summed E-state index contributed by atoms with van der Waals surface area (Å²) in [5, 5.41) is 2.96. The third kappa shape index (κ3) is 5.06. The lowest BCUT2D eigenvalue weighted by molar-refractivity contribution is -0.122. The quantitative estimate of drug-likeness (QED) is 0.606. The maximum atomic E-state index is 12.0. The zero-order valence-corrected chi connectivity index (χ0v) is 18.4. The summed E-state index contributed by atoms with van der Waals surface area (Å²) in [5.41, 5.74) is 3.18. The van der Waals surface area contributed by atoms with Crippen molar-refractivity contribution in [1.82, 2.24) is 24.7 Å². The zero-order chi connectivity index (χ0) is 21.6. The summed E-state index contributed by atoms with van der Waals surface area (Å²) in [4.78, 5) is 21.6. The van der Waals surface area contributed by atoms with Crippen LogP contribution in [0.1, 0.15) is 19.2 Å². The molecular formula is C24H31N5O2. The number of carbonyl (C=O) groups is 1. The molecular weight excluding hydrogens is 390 g/mol. The van der Waals surface area contributed by atoms with Gasteiger partial charge in [0.25, 0.3) is 0 Å². The Balaban J connectivity index is 1.47. The van der Waals surface area contributed by atoms with E-state index >= 15 is 0 Å². The number of nitrogens with zero attached hydrogens (tertiary/aromatic N) is 4. The van der Waals surface area contributed by atoms with E-state index in [1.54, 1.807) is 7.11 Å². The van der Waals surface area contributed by atoms with Crippen LogP contribution in [0.15, 0.2) is 48.5 Å². The number of para-hydroxylation sites is 2. The normalized spacial score (nSPS) is 15.3. The van der Waals surface area contributed by atoms with Gasteiger partial charge in [0, 0.05) is 38.4 Å². The first-order chi connectivity index (χ1) is 15.2. The second-order valence-electron chi connectivity index (χ2n) is 7.95. The molecule has 3 aromatic rings. The fourth-order valence-electron chi connectivity index (χ4n) is 4.03. The van der Waals surface area contributed by atoms with Crippen molar-refractivity contribution < 1.29 is 9.53 Å². The fraction of sp³-hybridized carbons (Fsp3) is 0.417. The topological polar surface area (TPSA) is 62.6 Å². The second kappa shape index (κ2) is 9.94. The number of rotatable bonds is 8. The van der Waals surface area contributed by atoms with E-state index in [0.29, 0.717) is 6.54 Å². The van der Waals surface area contributed by atoms with Crippen molar-refractivity contribution in [3.8, 4) is 11.4 Å². The lowest BCUT2D eigenvalue weighted by Gasteiger charge is -2.34. The van der Waals surface area contributed by atoms with Gasteiger partial charge in [-0.2, -0.15) is 0 Å². The van der Waals surface area contributed by atoms with Gasteiger partial charge in [0.2, 0.25) is 5.91 Å². The Morgan fingerprint density at radius 2 is 1.74 bits per heavy atom. The van der Waals surface area contributed by atoms with Crippen LogP contribution in [0.3, 0.4) is 0 Å². The smallest absolute Gasteiger partial charge is 0.234 e. The van der Waals surface area contributed by atoms with Crippen LogP contribution in [0.5, 0.6) is 5.75 Å². The molecule has 0 spiro atoms. The molecule has 2 aromatic carbocycles. The molecule has 1 saturated heterocycles. The molecule has 1 N–H and O–H groups in total. The van der Waals surface area contributed by atoms with Gasteiger partial charge in [0.15, 0.2) is 0 Å². The number of hydrogen-bond acceptors (Lipinski definition) is 5. The molecule has 0 saturated carbocycles. The van der Waals surface area contributed by atoms with Gasteiger partial charge >= 0.3 is 0 Å². The van der Waals surface area contributed by atoms with Gasteiger partial charge in [-0.05, 0) is 42.8 Å². The summed E-state index contributed by atoms with van der Waals surface area (Å²) in [6.45, 7) is 7.71. The largest absolute Gasteiger partial charge is 0.497 e. The van der Waals surface area contributed by atoms with Gasteiger partial charge in [0.05, 0.1) is 31.2 Å². The number of carbonyl (C=O) groups excluding carboxylic acids is 1. The van der Waals surface area contributed by atoms with E-state index in [1.807, 2.05) is 18.2 Å². The standard InChI is InChI=1S/C24H31N5O2/c1-3-12-25-24(30)18-28-15-13-27(14-16-28)17-23-26-21-6-4-5-7-22(21)29(23)19-8-10-20(31-2)11-9-19/h4-11H,3,12-18H2,1-2H3,(H,25,30). The van der Waals surface area contributed by atoms with Crippen LogP contribution in [0.4, 0.5) is 0 Å². The van der Waals surface area contributed by atoms with E-state index in [2.05, 4.69) is 56.9 Å². The molecule has 0 aliphatic carbocycles. The number of hydrogen-bond donors (Lipinski definition) is 1. The molecule has 1 amide bonds. The molecule has 7 heteroatoms. The van der Waals surface area contributed by atoms with E-state index in [4.69, 9.17) is 9.72 Å². The number of nitrogens with one attached hydrogen (secondary N) is 1. The molecule has 0 bridgehead atoms. The maximum Gasteiger partial charge on any atom is 0.234 e. The minimum absolute atomic E-state index is 0.122. The van der Waals surface area contributed by atoms with Crippen molar-refractivity contribution >= 4 is 16.9 Å². The zero-order valence-electron chi connectivity index (χ0n) is 18.4. The van der Waals surface area contributed by atoms with Gasteiger partial charge in [-0.3, -0.25) is 19.2 Å². The number of benzene rings is 2. The molecule has 7 nitrogen and oxygen atoms in total. The molecule has 2 heterocycles. The van der Waals surface area contributed by atoms with Crippen molar-refractivity contribution in [2.45, 2.75) is 19.9 Å². The first kappa shape index (κ1) is 21.3. The molecule has 164 valence electrons. The highest BCUT2D eigenvalue weighted by Gasteiger charge is 2.21. The first-order valence-corrected chi connectivity index (χ1v) is 11.0. The predicted octanol–water partition coefficient (Wildman–Crippen LogP) is 2.68. The fourth-order valence-corrected chi connectivity index (χ4v) is 4.03. The number of fused-ring (bicyclic) bond motifs is 1. The average Bonchev–Trinajstić information content (AvgIpc) is 3.17. The Bertz CT molecular complexity index is 1010. The number of amides is 1. The number of piperazine rings is 1. The Morgan fingerprint density at radius 3 is 2.45 bits per heavy atom. The Morgan fingerprint density at radius 1 is 1.03 bits per heavy atom. The summed E-state index contributed by atoms with van der Waals surface area (Å²) < 4.78 is 7.55. The van der Waals surface area contributed by atoms with E-state index < -0.39 is 0 Å². The average molecular weight is 422 g/mol. The first-order valence-electron chi connectivity index (χ1n) is 11.0. The highest BCUT2D eigenvalue weighted by Crippen LogP contribution is 2.24. The minimum Gasteiger partial charge on any atom is -0.497 e. The van der Waals surface area contributed by atoms with Crippen molar-refractivity contribution in [3.05, 3.63) is 54.4 Å². The molecule has 0 radical (unpaired) electrons. The molecule has 1 aromatic heterocycles. The van der Waals surface area contributed by atoms with Gasteiger partial charge in [-0.15, -0.1) is 0 Å². The molecule has 1 aliphatic heterocycles. The monoisotopic (exact) mass is 421 g/mol. The highest BCUT2D eigenvalue weighted by atomic mass is 16.5. The van der Waals surface area contributed by atoms with E-state index in [1.165, 1.54) is 0 Å². The van der Waals surface area contributed by atoms with E-state index in [0.717, 1.165) is 74.0 Å². The van der Waals surface area contributed by atoms with Gasteiger partial charge in [-0.25, -0.2) is 4.98 Å². The number of aromatic nitrogens is 2. The summed E-state index contributed by atoms with van der Waals surface area (Å²) in [6.07, 6.45) is 0.967. The summed E-state index contributed by atoms with van der Waals surface area (Å²) in [5.74, 6) is 1.99. The molecule has 1 fully saturated rings. The van der Waals surface area contributed by atoms with Crippen LogP contribution in [-0.4, -0.2) is 71.6 Å². The lowest BCUT2D eigenvalue weighted by atomic mass is 10.2. The summed E-state index contributed by atoms with van der Waals surface area (Å²) in [6, 6.07) is 16.4. The van der Waals surface area contributed by atoms with Gasteiger partial charge in [0.1, 0.15) is 11.6 Å². The minimum atomic E-state index is 0.122. The maximum absolute atomic E-state index is 12.0. The van der Waals surface area contributed by atoms with Crippen molar-refractivity contribution in [2.75, 3.05) is 46.4 Å². The summed E-state index contributed by atoms with van der Waals surface area (Å²) in [7, 11) is 1.68. The molecule has 1 aliphatic rings. The Labute approximate surface area is 183 Å². The predicted molar refractivity (Wildman–Crippen MR) is 123 cm³/mol. The molecule has 0 unspecified atom stereocenters. The SMILES string of the molecule is CCCNC(=O)CN1CCN(Cc2nc3ccccc3n2-c2ccc(OC)cc2)CC1. The van der Waals surface area contributed by atoms with Crippen LogP contribution in [0.2, 0.25) is 0 Å². The van der Waals surface area contributed by atoms with Crippen molar-refractivity contribution in [1.29, 1.82) is 0 Å². The van der Waals surface area contributed by atoms with Crippen LogP contribution in [0, 0.1) is 0 Å².